The van der Waals surface area contributed by atoms with Crippen LogP contribution in [0.25, 0.3) is 0 Å². The zero-order valence-corrected chi connectivity index (χ0v) is 13.3. The standard InChI is InChI=1S/C18H28N2O/c1-3-14-9-11-15(12-10-14)18(21)20-17-8-6-5-7-16(17)13-19-4-2/h5-8,14-15,19H,3-4,9-13H2,1-2H3,(H,20,21). The van der Waals surface area contributed by atoms with Gasteiger partial charge in [-0.05, 0) is 49.8 Å². The summed E-state index contributed by atoms with van der Waals surface area (Å²) in [6, 6.07) is 8.09. The minimum atomic E-state index is 0.194. The molecule has 21 heavy (non-hydrogen) atoms. The molecule has 1 aromatic carbocycles. The van der Waals surface area contributed by atoms with Gasteiger partial charge in [-0.2, -0.15) is 0 Å². The lowest BCUT2D eigenvalue weighted by Crippen LogP contribution is -2.27. The van der Waals surface area contributed by atoms with Crippen LogP contribution in [0.5, 0.6) is 0 Å². The number of anilines is 1. The van der Waals surface area contributed by atoms with Gasteiger partial charge in [-0.25, -0.2) is 0 Å². The molecule has 0 aliphatic heterocycles. The highest BCUT2D eigenvalue weighted by Gasteiger charge is 2.25. The second-order valence-electron chi connectivity index (χ2n) is 6.05. The molecule has 0 unspecified atom stereocenters. The molecule has 0 radical (unpaired) electrons. The highest BCUT2D eigenvalue weighted by molar-refractivity contribution is 5.93. The van der Waals surface area contributed by atoms with Crippen LogP contribution in [0.1, 0.15) is 51.5 Å². The highest BCUT2D eigenvalue weighted by atomic mass is 16.1. The molecule has 2 rings (SSSR count). The van der Waals surface area contributed by atoms with Crippen molar-refractivity contribution in [2.45, 2.75) is 52.5 Å². The second-order valence-corrected chi connectivity index (χ2v) is 6.05. The molecule has 1 aliphatic rings. The molecule has 116 valence electrons. The van der Waals surface area contributed by atoms with Crippen LogP contribution >= 0.6 is 0 Å². The predicted octanol–water partition coefficient (Wildman–Crippen LogP) is 3.95. The van der Waals surface area contributed by atoms with Crippen LogP contribution in [0, 0.1) is 11.8 Å². The van der Waals surface area contributed by atoms with E-state index in [9.17, 15) is 4.79 Å². The lowest BCUT2D eigenvalue weighted by Gasteiger charge is -2.27. The Labute approximate surface area is 128 Å². The number of carbonyl (C=O) groups excluding carboxylic acids is 1. The summed E-state index contributed by atoms with van der Waals surface area (Å²) in [5, 5.41) is 6.46. The van der Waals surface area contributed by atoms with Crippen molar-refractivity contribution in [3.8, 4) is 0 Å². The Morgan fingerprint density at radius 1 is 1.14 bits per heavy atom. The molecule has 1 aromatic rings. The van der Waals surface area contributed by atoms with E-state index in [0.29, 0.717) is 0 Å². The fourth-order valence-corrected chi connectivity index (χ4v) is 3.12. The van der Waals surface area contributed by atoms with Crippen LogP contribution in [0.2, 0.25) is 0 Å². The van der Waals surface area contributed by atoms with Crippen LogP contribution in [0.15, 0.2) is 24.3 Å². The number of carbonyl (C=O) groups is 1. The first-order valence-electron chi connectivity index (χ1n) is 8.34. The van der Waals surface area contributed by atoms with Crippen molar-refractivity contribution < 1.29 is 4.79 Å². The zero-order chi connectivity index (χ0) is 15.1. The molecular weight excluding hydrogens is 260 g/mol. The summed E-state index contributed by atoms with van der Waals surface area (Å²) < 4.78 is 0. The fourth-order valence-electron chi connectivity index (χ4n) is 3.12. The van der Waals surface area contributed by atoms with Gasteiger partial charge < -0.3 is 10.6 Å². The molecule has 1 aliphatic carbocycles. The Morgan fingerprint density at radius 3 is 2.52 bits per heavy atom. The Hall–Kier alpha value is -1.35. The lowest BCUT2D eigenvalue weighted by atomic mass is 9.80. The average molecular weight is 288 g/mol. The van der Waals surface area contributed by atoms with Crippen molar-refractivity contribution in [1.29, 1.82) is 0 Å². The number of rotatable bonds is 6. The van der Waals surface area contributed by atoms with E-state index in [1.807, 2.05) is 18.2 Å². The molecule has 0 atom stereocenters. The highest BCUT2D eigenvalue weighted by Crippen LogP contribution is 2.31. The quantitative estimate of drug-likeness (QED) is 0.832. The van der Waals surface area contributed by atoms with Crippen LogP contribution in [-0.2, 0) is 11.3 Å². The molecule has 2 N–H and O–H groups in total. The van der Waals surface area contributed by atoms with Gasteiger partial charge in [0.05, 0.1) is 0 Å². The predicted molar refractivity (Wildman–Crippen MR) is 88.2 cm³/mol. The third-order valence-corrected chi connectivity index (χ3v) is 4.64. The number of para-hydroxylation sites is 1. The third kappa shape index (κ3) is 4.57. The van der Waals surface area contributed by atoms with Gasteiger partial charge in [0.25, 0.3) is 0 Å². The fraction of sp³-hybridized carbons (Fsp3) is 0.611. The minimum Gasteiger partial charge on any atom is -0.326 e. The summed E-state index contributed by atoms with van der Waals surface area (Å²) in [6.45, 7) is 6.08. The molecule has 0 heterocycles. The van der Waals surface area contributed by atoms with Crippen molar-refractivity contribution in [3.63, 3.8) is 0 Å². The first-order chi connectivity index (χ1) is 10.2. The maximum Gasteiger partial charge on any atom is 0.227 e. The van der Waals surface area contributed by atoms with Gasteiger partial charge in [0, 0.05) is 18.2 Å². The summed E-state index contributed by atoms with van der Waals surface area (Å²) >= 11 is 0. The molecule has 3 heteroatoms. The molecule has 1 fully saturated rings. The van der Waals surface area contributed by atoms with Crippen molar-refractivity contribution >= 4 is 11.6 Å². The van der Waals surface area contributed by atoms with Gasteiger partial charge in [-0.3, -0.25) is 4.79 Å². The van der Waals surface area contributed by atoms with E-state index >= 15 is 0 Å². The SMILES string of the molecule is CCNCc1ccccc1NC(=O)C1CCC(CC)CC1. The minimum absolute atomic E-state index is 0.194. The first kappa shape index (κ1) is 16.0. The molecule has 0 aromatic heterocycles. The van der Waals surface area contributed by atoms with E-state index in [-0.39, 0.29) is 11.8 Å². The molecule has 1 amide bonds. The van der Waals surface area contributed by atoms with Gasteiger partial charge >= 0.3 is 0 Å². The van der Waals surface area contributed by atoms with E-state index in [4.69, 9.17) is 0 Å². The average Bonchev–Trinajstić information content (AvgIpc) is 2.54. The Bertz CT molecular complexity index is 450. The van der Waals surface area contributed by atoms with Gasteiger partial charge in [-0.15, -0.1) is 0 Å². The van der Waals surface area contributed by atoms with Crippen molar-refractivity contribution in [2.24, 2.45) is 11.8 Å². The normalized spacial score (nSPS) is 22.0. The van der Waals surface area contributed by atoms with E-state index < -0.39 is 0 Å². The molecule has 0 saturated heterocycles. The van der Waals surface area contributed by atoms with Gasteiger partial charge in [0.15, 0.2) is 0 Å². The van der Waals surface area contributed by atoms with Crippen molar-refractivity contribution in [3.05, 3.63) is 29.8 Å². The summed E-state index contributed by atoms with van der Waals surface area (Å²) in [5.74, 6) is 1.23. The zero-order valence-electron chi connectivity index (χ0n) is 13.3. The number of nitrogens with one attached hydrogen (secondary N) is 2. The Kier molecular flexibility index (Phi) is 6.24. The summed E-state index contributed by atoms with van der Waals surface area (Å²) in [4.78, 5) is 12.5. The van der Waals surface area contributed by atoms with Crippen LogP contribution in [0.4, 0.5) is 5.69 Å². The van der Waals surface area contributed by atoms with Crippen LogP contribution in [0.3, 0.4) is 0 Å². The first-order valence-corrected chi connectivity index (χ1v) is 8.34. The summed E-state index contributed by atoms with van der Waals surface area (Å²) in [5.41, 5.74) is 2.12. The molecule has 3 nitrogen and oxygen atoms in total. The van der Waals surface area contributed by atoms with Crippen molar-refractivity contribution in [2.75, 3.05) is 11.9 Å². The van der Waals surface area contributed by atoms with Gasteiger partial charge in [0.1, 0.15) is 0 Å². The number of benzene rings is 1. The largest absolute Gasteiger partial charge is 0.326 e. The van der Waals surface area contributed by atoms with E-state index in [0.717, 1.165) is 43.1 Å². The van der Waals surface area contributed by atoms with E-state index in [1.165, 1.54) is 19.3 Å². The van der Waals surface area contributed by atoms with Gasteiger partial charge in [-0.1, -0.05) is 38.5 Å². The van der Waals surface area contributed by atoms with Crippen LogP contribution in [-0.4, -0.2) is 12.5 Å². The van der Waals surface area contributed by atoms with Crippen molar-refractivity contribution in [1.82, 2.24) is 5.32 Å². The Morgan fingerprint density at radius 2 is 1.86 bits per heavy atom. The monoisotopic (exact) mass is 288 g/mol. The number of amides is 1. The molecule has 0 bridgehead atoms. The van der Waals surface area contributed by atoms with E-state index in [1.54, 1.807) is 0 Å². The topological polar surface area (TPSA) is 41.1 Å². The lowest BCUT2D eigenvalue weighted by molar-refractivity contribution is -0.121. The molecule has 1 saturated carbocycles. The summed E-state index contributed by atoms with van der Waals surface area (Å²) in [7, 11) is 0. The number of hydrogen-bond acceptors (Lipinski definition) is 2. The van der Waals surface area contributed by atoms with E-state index in [2.05, 4.69) is 30.5 Å². The van der Waals surface area contributed by atoms with Crippen LogP contribution < -0.4 is 10.6 Å². The Balaban J connectivity index is 1.93. The molecule has 0 spiro atoms. The maximum absolute atomic E-state index is 12.5. The van der Waals surface area contributed by atoms with Gasteiger partial charge in [0.2, 0.25) is 5.91 Å². The number of hydrogen-bond donors (Lipinski definition) is 2. The maximum atomic E-state index is 12.5. The summed E-state index contributed by atoms with van der Waals surface area (Å²) in [6.07, 6.45) is 5.74. The second kappa shape index (κ2) is 8.18. The smallest absolute Gasteiger partial charge is 0.227 e. The molecular formula is C18H28N2O. The third-order valence-electron chi connectivity index (χ3n) is 4.64.